The van der Waals surface area contributed by atoms with Gasteiger partial charge in [0.2, 0.25) is 0 Å². The fourth-order valence-electron chi connectivity index (χ4n) is 1.81. The molecule has 2 aromatic rings. The highest BCUT2D eigenvalue weighted by Gasteiger charge is 2.03. The molecule has 1 heterocycles. The van der Waals surface area contributed by atoms with Crippen LogP contribution in [0.4, 0.5) is 0 Å². The van der Waals surface area contributed by atoms with Gasteiger partial charge in [0, 0.05) is 12.0 Å². The van der Waals surface area contributed by atoms with Crippen molar-refractivity contribution in [1.82, 2.24) is 9.97 Å². The highest BCUT2D eigenvalue weighted by molar-refractivity contribution is 5.68. The maximum absolute atomic E-state index is 11.6. The van der Waals surface area contributed by atoms with Gasteiger partial charge in [-0.05, 0) is 18.6 Å². The molecule has 0 saturated heterocycles. The molecule has 0 bridgehead atoms. The minimum absolute atomic E-state index is 0.109. The second-order valence-electron chi connectivity index (χ2n) is 4.96. The van der Waals surface area contributed by atoms with E-state index in [2.05, 4.69) is 29.0 Å². The van der Waals surface area contributed by atoms with Gasteiger partial charge in [0.1, 0.15) is 5.82 Å². The predicted octanol–water partition coefficient (Wildman–Crippen LogP) is 3.37. The van der Waals surface area contributed by atoms with E-state index >= 15 is 0 Å². The molecule has 3 nitrogen and oxygen atoms in total. The van der Waals surface area contributed by atoms with E-state index in [1.165, 1.54) is 11.6 Å². The summed E-state index contributed by atoms with van der Waals surface area (Å²) in [7, 11) is 0. The number of nitrogens with one attached hydrogen (secondary N) is 1. The lowest BCUT2D eigenvalue weighted by Gasteiger charge is -2.04. The van der Waals surface area contributed by atoms with E-state index in [-0.39, 0.29) is 11.5 Å². The summed E-state index contributed by atoms with van der Waals surface area (Å²) in [5.41, 5.74) is 2.90. The van der Waals surface area contributed by atoms with Crippen molar-refractivity contribution >= 4 is 12.2 Å². The van der Waals surface area contributed by atoms with Crippen LogP contribution < -0.4 is 5.56 Å². The third-order valence-electron chi connectivity index (χ3n) is 2.82. The highest BCUT2D eigenvalue weighted by Crippen LogP contribution is 2.10. The Labute approximate surface area is 113 Å². The van der Waals surface area contributed by atoms with Crippen molar-refractivity contribution in [2.45, 2.75) is 26.7 Å². The third-order valence-corrected chi connectivity index (χ3v) is 2.82. The number of benzene rings is 1. The Morgan fingerprint density at radius 2 is 2.00 bits per heavy atom. The van der Waals surface area contributed by atoms with Crippen molar-refractivity contribution in [3.05, 3.63) is 63.3 Å². The molecule has 0 atom stereocenters. The van der Waals surface area contributed by atoms with Gasteiger partial charge in [0.05, 0.1) is 5.69 Å². The molecule has 0 unspecified atom stereocenters. The summed E-state index contributed by atoms with van der Waals surface area (Å²) in [6, 6.07) is 9.70. The fourth-order valence-corrected chi connectivity index (χ4v) is 1.81. The normalized spacial score (nSPS) is 11.4. The van der Waals surface area contributed by atoms with Crippen LogP contribution >= 0.6 is 0 Å². The van der Waals surface area contributed by atoms with E-state index < -0.39 is 0 Å². The molecule has 2 rings (SSSR count). The number of nitrogens with zero attached hydrogens (tertiary/aromatic N) is 1. The summed E-state index contributed by atoms with van der Waals surface area (Å²) in [6.07, 6.45) is 3.84. The van der Waals surface area contributed by atoms with Gasteiger partial charge >= 0.3 is 0 Å². The monoisotopic (exact) mass is 254 g/mol. The smallest absolute Gasteiger partial charge is 0.251 e. The summed E-state index contributed by atoms with van der Waals surface area (Å²) in [4.78, 5) is 18.7. The molecule has 0 fully saturated rings. The summed E-state index contributed by atoms with van der Waals surface area (Å²) in [6.45, 7) is 6.07. The van der Waals surface area contributed by atoms with E-state index in [9.17, 15) is 4.79 Å². The molecule has 0 aliphatic rings. The summed E-state index contributed by atoms with van der Waals surface area (Å²) >= 11 is 0. The standard InChI is InChI=1S/C16H18N2O/c1-11(2)16-17-14(10-15(19)18-16)8-7-13-6-4-5-12(3)9-13/h4-11H,1-3H3,(H,17,18,19)/b8-7+. The molecule has 1 aromatic heterocycles. The number of aromatic nitrogens is 2. The minimum atomic E-state index is -0.109. The second kappa shape index (κ2) is 5.65. The van der Waals surface area contributed by atoms with Gasteiger partial charge in [0.25, 0.3) is 5.56 Å². The zero-order valence-corrected chi connectivity index (χ0v) is 11.5. The first kappa shape index (κ1) is 13.3. The van der Waals surface area contributed by atoms with Crippen molar-refractivity contribution in [2.24, 2.45) is 0 Å². The van der Waals surface area contributed by atoms with Crippen LogP contribution in [0.1, 0.15) is 42.4 Å². The molecule has 0 radical (unpaired) electrons. The fraction of sp³-hybridized carbons (Fsp3) is 0.250. The lowest BCUT2D eigenvalue weighted by Crippen LogP contribution is -2.12. The van der Waals surface area contributed by atoms with Gasteiger partial charge in [-0.25, -0.2) is 4.98 Å². The van der Waals surface area contributed by atoms with Crippen molar-refractivity contribution in [1.29, 1.82) is 0 Å². The molecular formula is C16H18N2O. The van der Waals surface area contributed by atoms with E-state index in [1.807, 2.05) is 38.1 Å². The SMILES string of the molecule is Cc1cccc(/C=C/c2cc(=O)[nH]c(C(C)C)n2)c1. The Bertz CT molecular complexity index is 654. The first-order chi connectivity index (χ1) is 9.04. The number of hydrogen-bond acceptors (Lipinski definition) is 2. The second-order valence-corrected chi connectivity index (χ2v) is 4.96. The Morgan fingerprint density at radius 1 is 1.21 bits per heavy atom. The molecule has 0 aliphatic carbocycles. The Hall–Kier alpha value is -2.16. The van der Waals surface area contributed by atoms with Gasteiger partial charge < -0.3 is 4.98 Å². The molecule has 1 aromatic carbocycles. The number of aromatic amines is 1. The number of aryl methyl sites for hydroxylation is 1. The topological polar surface area (TPSA) is 45.8 Å². The van der Waals surface area contributed by atoms with E-state index in [0.29, 0.717) is 5.69 Å². The Morgan fingerprint density at radius 3 is 2.68 bits per heavy atom. The molecule has 19 heavy (non-hydrogen) atoms. The van der Waals surface area contributed by atoms with Crippen molar-refractivity contribution < 1.29 is 0 Å². The number of rotatable bonds is 3. The van der Waals surface area contributed by atoms with Gasteiger partial charge in [-0.1, -0.05) is 49.8 Å². The number of hydrogen-bond donors (Lipinski definition) is 1. The maximum atomic E-state index is 11.6. The average Bonchev–Trinajstić information content (AvgIpc) is 2.36. The molecule has 0 aliphatic heterocycles. The maximum Gasteiger partial charge on any atom is 0.251 e. The van der Waals surface area contributed by atoms with Crippen molar-refractivity contribution in [2.75, 3.05) is 0 Å². The lowest BCUT2D eigenvalue weighted by atomic mass is 10.1. The molecular weight excluding hydrogens is 236 g/mol. The first-order valence-electron chi connectivity index (χ1n) is 6.40. The van der Waals surface area contributed by atoms with Crippen molar-refractivity contribution in [3.63, 3.8) is 0 Å². The van der Waals surface area contributed by atoms with Gasteiger partial charge in [-0.2, -0.15) is 0 Å². The zero-order chi connectivity index (χ0) is 13.8. The molecule has 1 N–H and O–H groups in total. The predicted molar refractivity (Wildman–Crippen MR) is 79.1 cm³/mol. The van der Waals surface area contributed by atoms with Crippen LogP contribution in [-0.2, 0) is 0 Å². The molecule has 3 heteroatoms. The van der Waals surface area contributed by atoms with Gasteiger partial charge in [-0.3, -0.25) is 4.79 Å². The van der Waals surface area contributed by atoms with Crippen LogP contribution in [0.15, 0.2) is 35.1 Å². The highest BCUT2D eigenvalue weighted by atomic mass is 16.1. The molecule has 0 spiro atoms. The van der Waals surface area contributed by atoms with Crippen LogP contribution in [0.5, 0.6) is 0 Å². The molecule has 0 saturated carbocycles. The summed E-state index contributed by atoms with van der Waals surface area (Å²) < 4.78 is 0. The Kier molecular flexibility index (Phi) is 3.95. The van der Waals surface area contributed by atoms with Gasteiger partial charge in [-0.15, -0.1) is 0 Å². The first-order valence-corrected chi connectivity index (χ1v) is 6.40. The zero-order valence-electron chi connectivity index (χ0n) is 11.5. The minimum Gasteiger partial charge on any atom is -0.310 e. The quantitative estimate of drug-likeness (QED) is 0.912. The third kappa shape index (κ3) is 3.65. The largest absolute Gasteiger partial charge is 0.310 e. The van der Waals surface area contributed by atoms with E-state index in [4.69, 9.17) is 0 Å². The lowest BCUT2D eigenvalue weighted by molar-refractivity contribution is 0.764. The van der Waals surface area contributed by atoms with Gasteiger partial charge in [0.15, 0.2) is 0 Å². The van der Waals surface area contributed by atoms with Crippen LogP contribution in [0.25, 0.3) is 12.2 Å². The van der Waals surface area contributed by atoms with Crippen LogP contribution in [0.3, 0.4) is 0 Å². The van der Waals surface area contributed by atoms with E-state index in [1.54, 1.807) is 0 Å². The van der Waals surface area contributed by atoms with Crippen molar-refractivity contribution in [3.8, 4) is 0 Å². The summed E-state index contributed by atoms with van der Waals surface area (Å²) in [5, 5.41) is 0. The van der Waals surface area contributed by atoms with Crippen LogP contribution in [-0.4, -0.2) is 9.97 Å². The Balaban J connectivity index is 2.30. The molecule has 0 amide bonds. The van der Waals surface area contributed by atoms with Crippen LogP contribution in [0, 0.1) is 6.92 Å². The summed E-state index contributed by atoms with van der Waals surface area (Å²) in [5.74, 6) is 0.927. The molecule has 98 valence electrons. The van der Waals surface area contributed by atoms with E-state index in [0.717, 1.165) is 11.4 Å². The number of H-pyrrole nitrogens is 1. The van der Waals surface area contributed by atoms with Crippen LogP contribution in [0.2, 0.25) is 0 Å². The average molecular weight is 254 g/mol.